The van der Waals surface area contributed by atoms with Gasteiger partial charge < -0.3 is 10.5 Å². The smallest absolute Gasteiger partial charge is 0.214 e. The number of hydrogen-bond acceptors (Lipinski definition) is 3. The van der Waals surface area contributed by atoms with Gasteiger partial charge in [0.1, 0.15) is 5.82 Å². The molecular weight excluding hydrogens is 116 g/mol. The van der Waals surface area contributed by atoms with Crippen LogP contribution < -0.4 is 5.73 Å². The zero-order chi connectivity index (χ0) is 7.28. The molecule has 0 aliphatic carbocycles. The third kappa shape index (κ3) is 3.34. The van der Waals surface area contributed by atoms with Crippen molar-refractivity contribution in [1.29, 1.82) is 0 Å². The highest BCUT2D eigenvalue weighted by molar-refractivity contribution is 5.87. The van der Waals surface area contributed by atoms with Crippen LogP contribution >= 0.6 is 0 Å². The highest BCUT2D eigenvalue weighted by Crippen LogP contribution is 1.85. The molecule has 0 aliphatic rings. The van der Waals surface area contributed by atoms with Crippen LogP contribution in [0.2, 0.25) is 0 Å². The van der Waals surface area contributed by atoms with Gasteiger partial charge in [0.2, 0.25) is 5.90 Å². The van der Waals surface area contributed by atoms with Crippen molar-refractivity contribution in [3.8, 4) is 0 Å². The third-order valence-corrected chi connectivity index (χ3v) is 0.638. The van der Waals surface area contributed by atoms with E-state index in [2.05, 4.69) is 18.2 Å². The van der Waals surface area contributed by atoms with Crippen LogP contribution in [0.3, 0.4) is 0 Å². The molecule has 0 bridgehead atoms. The first kappa shape index (κ1) is 7.75. The molecule has 3 nitrogen and oxygen atoms in total. The zero-order valence-electron chi connectivity index (χ0n) is 5.42. The molecule has 0 aromatic rings. The zero-order valence-corrected chi connectivity index (χ0v) is 5.42. The first-order chi connectivity index (χ1) is 4.20. The summed E-state index contributed by atoms with van der Waals surface area (Å²) >= 11 is 0. The number of aliphatic imine (C=N–C) groups is 1. The fraction of sp³-hybridized carbons (Fsp3) is 0.167. The second-order valence-corrected chi connectivity index (χ2v) is 1.35. The van der Waals surface area contributed by atoms with Gasteiger partial charge in [0.25, 0.3) is 0 Å². The van der Waals surface area contributed by atoms with Gasteiger partial charge in [-0.1, -0.05) is 13.2 Å². The molecule has 0 atom stereocenters. The molecule has 0 amide bonds. The Labute approximate surface area is 54.5 Å². The molecule has 0 heterocycles. The van der Waals surface area contributed by atoms with Gasteiger partial charge >= 0.3 is 0 Å². The second-order valence-electron chi connectivity index (χ2n) is 1.35. The van der Waals surface area contributed by atoms with E-state index in [1.165, 1.54) is 13.2 Å². The molecule has 0 spiro atoms. The molecule has 0 rings (SSSR count). The Kier molecular flexibility index (Phi) is 3.20. The fourth-order valence-electron chi connectivity index (χ4n) is 0.316. The minimum Gasteiger partial charge on any atom is -0.481 e. The van der Waals surface area contributed by atoms with Crippen LogP contribution in [0.25, 0.3) is 0 Å². The largest absolute Gasteiger partial charge is 0.481 e. The van der Waals surface area contributed by atoms with Crippen molar-refractivity contribution in [2.24, 2.45) is 10.7 Å². The van der Waals surface area contributed by atoms with Gasteiger partial charge in [0.05, 0.1) is 7.11 Å². The number of nitrogens with zero attached hydrogens (tertiary/aromatic N) is 1. The molecule has 0 saturated heterocycles. The lowest BCUT2D eigenvalue weighted by Crippen LogP contribution is -2.00. The summed E-state index contributed by atoms with van der Waals surface area (Å²) in [5, 5.41) is 0. The SMILES string of the molecule is C=C/C(=N\C(=C)N)OC. The predicted octanol–water partition coefficient (Wildman–Crippen LogP) is 0.647. The number of hydrogen-bond donors (Lipinski definition) is 1. The van der Waals surface area contributed by atoms with E-state index >= 15 is 0 Å². The maximum atomic E-state index is 5.13. The molecule has 0 aromatic heterocycles. The monoisotopic (exact) mass is 126 g/mol. The van der Waals surface area contributed by atoms with E-state index in [0.29, 0.717) is 5.90 Å². The van der Waals surface area contributed by atoms with Gasteiger partial charge in [-0.05, 0) is 6.08 Å². The Morgan fingerprint density at radius 1 is 1.78 bits per heavy atom. The molecule has 0 saturated carbocycles. The van der Waals surface area contributed by atoms with Crippen molar-refractivity contribution < 1.29 is 4.74 Å². The summed E-state index contributed by atoms with van der Waals surface area (Å²) in [6.45, 7) is 6.79. The van der Waals surface area contributed by atoms with Crippen LogP contribution in [0.4, 0.5) is 0 Å². The second kappa shape index (κ2) is 3.72. The number of nitrogens with two attached hydrogens (primary N) is 1. The van der Waals surface area contributed by atoms with Gasteiger partial charge in [-0.3, -0.25) is 0 Å². The summed E-state index contributed by atoms with van der Waals surface area (Å²) in [5.41, 5.74) is 5.13. The van der Waals surface area contributed by atoms with Crippen molar-refractivity contribution in [1.82, 2.24) is 0 Å². The molecule has 0 aliphatic heterocycles. The van der Waals surface area contributed by atoms with E-state index in [1.54, 1.807) is 0 Å². The summed E-state index contributed by atoms with van der Waals surface area (Å²) in [6.07, 6.45) is 1.46. The van der Waals surface area contributed by atoms with Gasteiger partial charge in [-0.2, -0.15) is 4.99 Å². The average Bonchev–Trinajstić information content (AvgIpc) is 1.82. The van der Waals surface area contributed by atoms with Gasteiger partial charge in [0.15, 0.2) is 0 Å². The van der Waals surface area contributed by atoms with E-state index < -0.39 is 0 Å². The molecule has 0 fully saturated rings. The summed E-state index contributed by atoms with van der Waals surface area (Å²) in [6, 6.07) is 0. The Morgan fingerprint density at radius 2 is 2.33 bits per heavy atom. The van der Waals surface area contributed by atoms with Crippen LogP contribution in [-0.2, 0) is 4.74 Å². The lowest BCUT2D eigenvalue weighted by molar-refractivity contribution is 0.406. The lowest BCUT2D eigenvalue weighted by Gasteiger charge is -1.95. The summed E-state index contributed by atoms with van der Waals surface area (Å²) < 4.78 is 4.70. The minimum atomic E-state index is 0.215. The quantitative estimate of drug-likeness (QED) is 0.436. The van der Waals surface area contributed by atoms with E-state index in [9.17, 15) is 0 Å². The Balaban J connectivity index is 4.07. The van der Waals surface area contributed by atoms with Crippen molar-refractivity contribution in [2.75, 3.05) is 7.11 Å². The maximum Gasteiger partial charge on any atom is 0.214 e. The lowest BCUT2D eigenvalue weighted by atomic mass is 10.6. The third-order valence-electron chi connectivity index (χ3n) is 0.638. The molecule has 9 heavy (non-hydrogen) atoms. The molecule has 2 N–H and O–H groups in total. The highest BCUT2D eigenvalue weighted by atomic mass is 16.5. The normalized spacial score (nSPS) is 10.6. The van der Waals surface area contributed by atoms with Crippen LogP contribution in [0.1, 0.15) is 0 Å². The molecule has 50 valence electrons. The number of methoxy groups -OCH3 is 1. The first-order valence-corrected chi connectivity index (χ1v) is 2.40. The van der Waals surface area contributed by atoms with Gasteiger partial charge in [-0.25, -0.2) is 0 Å². The fourth-order valence-corrected chi connectivity index (χ4v) is 0.316. The van der Waals surface area contributed by atoms with E-state index in [0.717, 1.165) is 0 Å². The van der Waals surface area contributed by atoms with Gasteiger partial charge in [-0.15, -0.1) is 0 Å². The topological polar surface area (TPSA) is 47.6 Å². The minimum absolute atomic E-state index is 0.215. The van der Waals surface area contributed by atoms with Crippen LogP contribution in [0, 0.1) is 0 Å². The Morgan fingerprint density at radius 3 is 2.44 bits per heavy atom. The van der Waals surface area contributed by atoms with Crippen LogP contribution in [0.5, 0.6) is 0 Å². The number of ether oxygens (including phenoxy) is 1. The Hall–Kier alpha value is -1.25. The molecule has 3 heteroatoms. The predicted molar refractivity (Wildman–Crippen MR) is 38.0 cm³/mol. The highest BCUT2D eigenvalue weighted by Gasteiger charge is 1.86. The van der Waals surface area contributed by atoms with E-state index in [1.807, 2.05) is 0 Å². The van der Waals surface area contributed by atoms with E-state index in [4.69, 9.17) is 10.5 Å². The average molecular weight is 126 g/mol. The number of rotatable bonds is 2. The molecular formula is C6H10N2O. The van der Waals surface area contributed by atoms with Crippen molar-refractivity contribution >= 4 is 5.90 Å². The van der Waals surface area contributed by atoms with Crippen molar-refractivity contribution in [3.63, 3.8) is 0 Å². The molecule has 0 radical (unpaired) electrons. The maximum absolute atomic E-state index is 5.13. The van der Waals surface area contributed by atoms with Crippen LogP contribution in [-0.4, -0.2) is 13.0 Å². The van der Waals surface area contributed by atoms with Crippen LogP contribution in [0.15, 0.2) is 30.0 Å². The summed E-state index contributed by atoms with van der Waals surface area (Å²) in [5.74, 6) is 0.592. The molecule has 0 unspecified atom stereocenters. The summed E-state index contributed by atoms with van der Waals surface area (Å²) in [7, 11) is 1.49. The Bertz CT molecular complexity index is 149. The van der Waals surface area contributed by atoms with E-state index in [-0.39, 0.29) is 5.82 Å². The van der Waals surface area contributed by atoms with Crippen molar-refractivity contribution in [3.05, 3.63) is 25.1 Å². The standard InChI is InChI=1S/C6H10N2O/c1-4-6(9-3)8-5(2)7/h4H,1-2,7H2,3H3/b8-6+. The summed E-state index contributed by atoms with van der Waals surface area (Å²) in [4.78, 5) is 3.67. The van der Waals surface area contributed by atoms with Crippen molar-refractivity contribution in [2.45, 2.75) is 0 Å². The van der Waals surface area contributed by atoms with Gasteiger partial charge in [0, 0.05) is 0 Å². The molecule has 0 aromatic carbocycles. The first-order valence-electron chi connectivity index (χ1n) is 2.40.